The molecular weight excluding hydrogens is 333 g/mol. The molecule has 0 saturated carbocycles. The average Bonchev–Trinajstić information content (AvgIpc) is 2.41. The number of hydrogen-bond acceptors (Lipinski definition) is 4. The molecule has 1 aromatic heterocycles. The fourth-order valence-corrected chi connectivity index (χ4v) is 1.70. The van der Waals surface area contributed by atoms with Crippen molar-refractivity contribution in [3.8, 4) is 0 Å². The summed E-state index contributed by atoms with van der Waals surface area (Å²) < 4.78 is 13.5. The van der Waals surface area contributed by atoms with Gasteiger partial charge in [0.25, 0.3) is 11.6 Å². The summed E-state index contributed by atoms with van der Waals surface area (Å²) in [5.41, 5.74) is -0.362. The van der Waals surface area contributed by atoms with Crippen molar-refractivity contribution in [2.75, 3.05) is 5.32 Å². The number of amides is 1. The minimum atomic E-state index is -0.765. The Morgan fingerprint density at radius 2 is 2.10 bits per heavy atom. The third kappa shape index (κ3) is 3.15. The quantitative estimate of drug-likeness (QED) is 0.528. The van der Waals surface area contributed by atoms with E-state index in [4.69, 9.17) is 0 Å². The lowest BCUT2D eigenvalue weighted by Gasteiger charge is -2.06. The van der Waals surface area contributed by atoms with Crippen LogP contribution in [-0.2, 0) is 0 Å². The number of carbonyl (C=O) groups is 1. The number of nitrogens with zero attached hydrogens (tertiary/aromatic N) is 2. The van der Waals surface area contributed by atoms with Crippen molar-refractivity contribution in [1.29, 1.82) is 0 Å². The normalized spacial score (nSPS) is 10.1. The Morgan fingerprint density at radius 3 is 2.70 bits per heavy atom. The van der Waals surface area contributed by atoms with Gasteiger partial charge < -0.3 is 5.32 Å². The lowest BCUT2D eigenvalue weighted by molar-refractivity contribution is -0.384. The van der Waals surface area contributed by atoms with Gasteiger partial charge in [0.05, 0.1) is 16.6 Å². The molecule has 102 valence electrons. The second kappa shape index (κ2) is 5.74. The Balaban J connectivity index is 2.28. The summed E-state index contributed by atoms with van der Waals surface area (Å²) in [7, 11) is 0. The van der Waals surface area contributed by atoms with Crippen LogP contribution in [0.4, 0.5) is 15.8 Å². The first-order valence-electron chi connectivity index (χ1n) is 5.34. The van der Waals surface area contributed by atoms with Crippen molar-refractivity contribution in [2.24, 2.45) is 0 Å². The van der Waals surface area contributed by atoms with Crippen molar-refractivity contribution >= 4 is 33.2 Å². The van der Waals surface area contributed by atoms with Crippen LogP contribution in [0.2, 0.25) is 0 Å². The molecule has 6 nitrogen and oxygen atoms in total. The summed E-state index contributed by atoms with van der Waals surface area (Å²) in [6.07, 6.45) is 1.31. The SMILES string of the molecule is O=C(Nc1ccc(F)cc1[N+](=O)[O-])c1ccc(Br)nc1. The summed E-state index contributed by atoms with van der Waals surface area (Å²) >= 11 is 3.13. The van der Waals surface area contributed by atoms with Gasteiger partial charge in [-0.25, -0.2) is 9.37 Å². The number of pyridine rings is 1. The van der Waals surface area contributed by atoms with Gasteiger partial charge in [-0.05, 0) is 40.2 Å². The molecule has 0 bridgehead atoms. The van der Waals surface area contributed by atoms with Crippen molar-refractivity contribution in [3.63, 3.8) is 0 Å². The molecule has 20 heavy (non-hydrogen) atoms. The summed E-state index contributed by atoms with van der Waals surface area (Å²) in [6.45, 7) is 0. The monoisotopic (exact) mass is 339 g/mol. The molecule has 0 radical (unpaired) electrons. The van der Waals surface area contributed by atoms with Gasteiger partial charge in [-0.2, -0.15) is 0 Å². The van der Waals surface area contributed by atoms with Crippen LogP contribution in [0, 0.1) is 15.9 Å². The van der Waals surface area contributed by atoms with Crippen LogP contribution in [0.25, 0.3) is 0 Å². The number of rotatable bonds is 3. The van der Waals surface area contributed by atoms with Gasteiger partial charge in [0.1, 0.15) is 16.1 Å². The minimum absolute atomic E-state index is 0.0793. The fourth-order valence-electron chi connectivity index (χ4n) is 1.47. The molecule has 1 N–H and O–H groups in total. The Hall–Kier alpha value is -2.35. The van der Waals surface area contributed by atoms with Gasteiger partial charge in [0.15, 0.2) is 0 Å². The lowest BCUT2D eigenvalue weighted by atomic mass is 10.2. The molecule has 0 fully saturated rings. The third-order valence-electron chi connectivity index (χ3n) is 2.39. The second-order valence-electron chi connectivity index (χ2n) is 3.74. The Labute approximate surface area is 120 Å². The van der Waals surface area contributed by atoms with Gasteiger partial charge in [0.2, 0.25) is 0 Å². The molecule has 1 heterocycles. The fraction of sp³-hybridized carbons (Fsp3) is 0. The van der Waals surface area contributed by atoms with E-state index in [0.717, 1.165) is 18.2 Å². The van der Waals surface area contributed by atoms with Crippen LogP contribution < -0.4 is 5.32 Å². The average molecular weight is 340 g/mol. The van der Waals surface area contributed by atoms with Gasteiger partial charge in [0, 0.05) is 6.20 Å². The number of aromatic nitrogens is 1. The summed E-state index contributed by atoms with van der Waals surface area (Å²) in [4.78, 5) is 25.8. The molecule has 0 aliphatic heterocycles. The molecule has 0 aliphatic rings. The number of nitro benzene ring substituents is 1. The van der Waals surface area contributed by atoms with E-state index in [2.05, 4.69) is 26.2 Å². The number of nitro groups is 1. The summed E-state index contributed by atoms with van der Waals surface area (Å²) in [5, 5.41) is 13.2. The second-order valence-corrected chi connectivity index (χ2v) is 4.55. The van der Waals surface area contributed by atoms with Crippen molar-refractivity contribution < 1.29 is 14.1 Å². The number of hydrogen-bond donors (Lipinski definition) is 1. The van der Waals surface area contributed by atoms with Gasteiger partial charge in [-0.15, -0.1) is 0 Å². The number of nitrogens with one attached hydrogen (secondary N) is 1. The van der Waals surface area contributed by atoms with Crippen LogP contribution in [0.3, 0.4) is 0 Å². The van der Waals surface area contributed by atoms with E-state index in [-0.39, 0.29) is 11.3 Å². The molecule has 0 atom stereocenters. The van der Waals surface area contributed by atoms with Crippen LogP contribution in [0.1, 0.15) is 10.4 Å². The van der Waals surface area contributed by atoms with Crippen LogP contribution in [-0.4, -0.2) is 15.8 Å². The molecule has 0 spiro atoms. The molecule has 0 saturated heterocycles. The van der Waals surface area contributed by atoms with Gasteiger partial charge >= 0.3 is 0 Å². The number of halogens is 2. The molecule has 1 aromatic carbocycles. The van der Waals surface area contributed by atoms with Crippen LogP contribution in [0.5, 0.6) is 0 Å². The topological polar surface area (TPSA) is 85.1 Å². The molecule has 2 rings (SSSR count). The first-order chi connectivity index (χ1) is 9.47. The van der Waals surface area contributed by atoms with Crippen LogP contribution >= 0.6 is 15.9 Å². The maximum Gasteiger partial charge on any atom is 0.295 e. The maximum absolute atomic E-state index is 13.0. The zero-order chi connectivity index (χ0) is 14.7. The highest BCUT2D eigenvalue weighted by Gasteiger charge is 2.17. The van der Waals surface area contributed by atoms with E-state index in [1.54, 1.807) is 6.07 Å². The minimum Gasteiger partial charge on any atom is -0.316 e. The molecule has 0 aliphatic carbocycles. The van der Waals surface area contributed by atoms with Crippen molar-refractivity contribution in [1.82, 2.24) is 4.98 Å². The predicted octanol–water partition coefficient (Wildman–Crippen LogP) is 3.14. The smallest absolute Gasteiger partial charge is 0.295 e. The molecule has 8 heteroatoms. The molecule has 1 amide bonds. The standard InChI is InChI=1S/C12H7BrFN3O3/c13-11-4-1-7(6-15-11)12(18)16-9-3-2-8(14)5-10(9)17(19)20/h1-6H,(H,16,18). The van der Waals surface area contributed by atoms with E-state index in [1.807, 2.05) is 0 Å². The largest absolute Gasteiger partial charge is 0.316 e. The van der Waals surface area contributed by atoms with Crippen LogP contribution in [0.15, 0.2) is 41.1 Å². The Bertz CT molecular complexity index is 676. The van der Waals surface area contributed by atoms with E-state index in [1.165, 1.54) is 12.3 Å². The zero-order valence-electron chi connectivity index (χ0n) is 9.84. The van der Waals surface area contributed by atoms with Crippen molar-refractivity contribution in [3.05, 3.63) is 62.6 Å². The summed E-state index contributed by atoms with van der Waals surface area (Å²) in [5.74, 6) is -1.32. The first-order valence-corrected chi connectivity index (χ1v) is 6.13. The molecular formula is C12H7BrFN3O3. The highest BCUT2D eigenvalue weighted by Crippen LogP contribution is 2.25. The predicted molar refractivity (Wildman–Crippen MR) is 72.9 cm³/mol. The van der Waals surface area contributed by atoms with E-state index in [9.17, 15) is 19.3 Å². The van der Waals surface area contributed by atoms with E-state index < -0.39 is 22.3 Å². The zero-order valence-corrected chi connectivity index (χ0v) is 11.4. The van der Waals surface area contributed by atoms with Crippen molar-refractivity contribution in [2.45, 2.75) is 0 Å². The van der Waals surface area contributed by atoms with Gasteiger partial charge in [-0.3, -0.25) is 14.9 Å². The first kappa shape index (κ1) is 14.1. The third-order valence-corrected chi connectivity index (χ3v) is 2.86. The van der Waals surface area contributed by atoms with Gasteiger partial charge in [-0.1, -0.05) is 0 Å². The molecule has 0 unspecified atom stereocenters. The number of carbonyl (C=O) groups excluding carboxylic acids is 1. The Morgan fingerprint density at radius 1 is 1.35 bits per heavy atom. The number of benzene rings is 1. The highest BCUT2D eigenvalue weighted by molar-refractivity contribution is 9.10. The lowest BCUT2D eigenvalue weighted by Crippen LogP contribution is -2.13. The summed E-state index contributed by atoms with van der Waals surface area (Å²) in [6, 6.07) is 5.98. The number of anilines is 1. The molecule has 2 aromatic rings. The van der Waals surface area contributed by atoms with E-state index in [0.29, 0.717) is 4.60 Å². The maximum atomic E-state index is 13.0. The highest BCUT2D eigenvalue weighted by atomic mass is 79.9. The Kier molecular flexibility index (Phi) is 4.04. The van der Waals surface area contributed by atoms with E-state index >= 15 is 0 Å².